The first-order chi connectivity index (χ1) is 39.9. The van der Waals surface area contributed by atoms with E-state index in [9.17, 15) is 19.0 Å². The third-order valence-corrected chi connectivity index (χ3v) is 15.7. The number of esters is 1. The lowest BCUT2D eigenvalue weighted by atomic mass is 10.0. The third-order valence-electron chi connectivity index (χ3n) is 14.7. The molecule has 10 heteroatoms. The first-order valence-electron chi connectivity index (χ1n) is 34.0. The molecule has 0 radical (unpaired) electrons. The molecule has 0 aromatic heterocycles. The fourth-order valence-corrected chi connectivity index (χ4v) is 10.2. The number of ether oxygens (including phenoxy) is 1. The van der Waals surface area contributed by atoms with Gasteiger partial charge in [-0.3, -0.25) is 14.2 Å². The molecule has 3 atom stereocenters. The van der Waals surface area contributed by atoms with Gasteiger partial charge in [-0.25, -0.2) is 0 Å². The van der Waals surface area contributed by atoms with Crippen molar-refractivity contribution in [3.05, 3.63) is 97.2 Å². The molecule has 0 saturated heterocycles. The van der Waals surface area contributed by atoms with Crippen molar-refractivity contribution in [1.29, 1.82) is 0 Å². The molecule has 0 aliphatic carbocycles. The van der Waals surface area contributed by atoms with Crippen molar-refractivity contribution in [2.24, 2.45) is 0 Å². The van der Waals surface area contributed by atoms with Crippen LogP contribution in [-0.4, -0.2) is 69.4 Å². The monoisotopic (exact) mass is 1160 g/mol. The quantitative estimate of drug-likeness (QED) is 0.0212. The summed E-state index contributed by atoms with van der Waals surface area (Å²) in [6.45, 7) is 6.77. The zero-order valence-electron chi connectivity index (χ0n) is 54.2. The van der Waals surface area contributed by atoms with Gasteiger partial charge < -0.3 is 28.5 Å². The number of nitrogens with one attached hydrogen (secondary N) is 1. The van der Waals surface area contributed by atoms with Gasteiger partial charge in [0.25, 0.3) is 7.82 Å². The molecule has 0 fully saturated rings. The first-order valence-corrected chi connectivity index (χ1v) is 35.5. The van der Waals surface area contributed by atoms with Crippen LogP contribution >= 0.6 is 7.82 Å². The Morgan fingerprint density at radius 1 is 0.427 bits per heavy atom. The number of unbranched alkanes of at least 4 members (excludes halogenated alkanes) is 31. The predicted molar refractivity (Wildman–Crippen MR) is 353 cm³/mol. The van der Waals surface area contributed by atoms with Crippen LogP contribution in [0.1, 0.15) is 297 Å². The number of hydrogen-bond donors (Lipinski definition) is 1. The van der Waals surface area contributed by atoms with Gasteiger partial charge in [0.15, 0.2) is 0 Å². The average molecular weight is 1170 g/mol. The summed E-state index contributed by atoms with van der Waals surface area (Å²) < 4.78 is 30.4. The molecule has 3 unspecified atom stereocenters. The molecule has 0 saturated carbocycles. The standard InChI is InChI=1S/C72H129N2O7P/c1-7-10-13-16-19-22-25-28-30-32-33-34-35-36-37-38-39-40-41-43-45-47-50-53-56-59-62-65-72(76)81-70(63-60-57-54-51-48-27-24-21-18-15-12-9-3)69(68-80-82(77,78)79-67-66-74(4,5)6)73-71(75)64-61-58-55-52-49-46-44-42-31-29-26-23-20-17-14-11-8-2/h19-20,22-23,28-31,33-34,36-37,44,46,60,63,69-70H,7-18,21,24-27,32,35,38-43,45,47-59,61-62,64-68H2,1-6H3,(H-,73,75,77,78)/b22-19-,23-20-,30-28-,31-29-,34-33-,37-36-,46-44-,63-60-. The van der Waals surface area contributed by atoms with Crippen molar-refractivity contribution in [2.45, 2.75) is 309 Å². The molecular weight excluding hydrogens is 1040 g/mol. The Hall–Kier alpha value is -3.07. The van der Waals surface area contributed by atoms with E-state index in [1.165, 1.54) is 154 Å². The van der Waals surface area contributed by atoms with E-state index in [2.05, 4.69) is 111 Å². The maximum absolute atomic E-state index is 13.5. The minimum Gasteiger partial charge on any atom is -0.756 e. The van der Waals surface area contributed by atoms with Crippen molar-refractivity contribution in [3.63, 3.8) is 0 Å². The summed E-state index contributed by atoms with van der Waals surface area (Å²) in [4.78, 5) is 40.1. The molecule has 0 aromatic carbocycles. The number of quaternary nitrogens is 1. The van der Waals surface area contributed by atoms with Crippen LogP contribution in [0.4, 0.5) is 0 Å². The Labute approximate surface area is 507 Å². The number of hydrogen-bond acceptors (Lipinski definition) is 7. The number of likely N-dealkylation sites (N-methyl/N-ethyl adjacent to an activating group) is 1. The number of allylic oxidation sites excluding steroid dienone is 15. The second-order valence-electron chi connectivity index (χ2n) is 24.0. The Morgan fingerprint density at radius 2 is 0.744 bits per heavy atom. The highest BCUT2D eigenvalue weighted by molar-refractivity contribution is 7.45. The number of rotatable bonds is 61. The van der Waals surface area contributed by atoms with Crippen LogP contribution in [0.3, 0.4) is 0 Å². The van der Waals surface area contributed by atoms with Crippen LogP contribution in [0.5, 0.6) is 0 Å². The molecule has 0 bridgehead atoms. The van der Waals surface area contributed by atoms with E-state index >= 15 is 0 Å². The lowest BCUT2D eigenvalue weighted by molar-refractivity contribution is -0.870. The van der Waals surface area contributed by atoms with E-state index in [4.69, 9.17) is 13.8 Å². The molecule has 0 aliphatic heterocycles. The summed E-state index contributed by atoms with van der Waals surface area (Å²) in [5, 5.41) is 3.02. The SMILES string of the molecule is CCCCC/C=C\C/C=C\C/C=C\C/C=C\CCCCCCCCCCCCCC(=O)OC(/C=C\CCCCCCCCCCCC)C(COP(=O)([O-])OCC[N+](C)(C)C)NC(=O)CCCCCC/C=C\C/C=C\C/C=C\CCCCC. The zero-order chi connectivity index (χ0) is 60.0. The van der Waals surface area contributed by atoms with Crippen molar-refractivity contribution in [3.8, 4) is 0 Å². The van der Waals surface area contributed by atoms with Crippen LogP contribution < -0.4 is 10.2 Å². The molecule has 474 valence electrons. The summed E-state index contributed by atoms with van der Waals surface area (Å²) >= 11 is 0. The molecule has 82 heavy (non-hydrogen) atoms. The Bertz CT molecular complexity index is 1720. The van der Waals surface area contributed by atoms with E-state index in [1.54, 1.807) is 0 Å². The molecule has 1 amide bonds. The summed E-state index contributed by atoms with van der Waals surface area (Å²) in [7, 11) is 1.16. The van der Waals surface area contributed by atoms with Crippen molar-refractivity contribution in [1.82, 2.24) is 5.32 Å². The van der Waals surface area contributed by atoms with Gasteiger partial charge in [0.05, 0.1) is 33.8 Å². The molecular formula is C72H129N2O7P. The van der Waals surface area contributed by atoms with Crippen LogP contribution in [0.25, 0.3) is 0 Å². The van der Waals surface area contributed by atoms with Gasteiger partial charge in [-0.1, -0.05) is 266 Å². The Balaban J connectivity index is 5.12. The maximum Gasteiger partial charge on any atom is 0.306 e. The minimum absolute atomic E-state index is 0.0310. The molecule has 0 aliphatic rings. The summed E-state index contributed by atoms with van der Waals surface area (Å²) in [5.74, 6) is -0.569. The van der Waals surface area contributed by atoms with Crippen LogP contribution in [-0.2, 0) is 27.9 Å². The van der Waals surface area contributed by atoms with E-state index in [0.29, 0.717) is 17.4 Å². The topological polar surface area (TPSA) is 114 Å². The fraction of sp³-hybridized carbons (Fsp3) is 0.750. The summed E-state index contributed by atoms with van der Waals surface area (Å²) in [6, 6.07) is -0.907. The normalized spacial score (nSPS) is 14.2. The van der Waals surface area contributed by atoms with Gasteiger partial charge >= 0.3 is 5.97 Å². The van der Waals surface area contributed by atoms with Gasteiger partial charge in [-0.05, 0) is 115 Å². The molecule has 0 aromatic rings. The lowest BCUT2D eigenvalue weighted by Crippen LogP contribution is -2.47. The molecule has 0 rings (SSSR count). The number of phosphoric ester groups is 1. The van der Waals surface area contributed by atoms with Crippen molar-refractivity contribution < 1.29 is 37.3 Å². The van der Waals surface area contributed by atoms with Crippen LogP contribution in [0.2, 0.25) is 0 Å². The second-order valence-corrected chi connectivity index (χ2v) is 25.4. The molecule has 9 nitrogen and oxygen atoms in total. The van der Waals surface area contributed by atoms with Gasteiger partial charge in [-0.2, -0.15) is 0 Å². The average Bonchev–Trinajstić information content (AvgIpc) is 3.44. The van der Waals surface area contributed by atoms with Crippen molar-refractivity contribution >= 4 is 19.7 Å². The van der Waals surface area contributed by atoms with E-state index in [0.717, 1.165) is 103 Å². The molecule has 1 N–H and O–H groups in total. The fourth-order valence-electron chi connectivity index (χ4n) is 9.45. The van der Waals surface area contributed by atoms with E-state index in [1.807, 2.05) is 33.3 Å². The molecule has 0 spiro atoms. The van der Waals surface area contributed by atoms with E-state index in [-0.39, 0.29) is 31.3 Å². The van der Waals surface area contributed by atoms with Gasteiger partial charge in [-0.15, -0.1) is 0 Å². The minimum atomic E-state index is -4.71. The third kappa shape index (κ3) is 61.5. The second kappa shape index (κ2) is 61.0. The van der Waals surface area contributed by atoms with E-state index < -0.39 is 26.6 Å². The zero-order valence-corrected chi connectivity index (χ0v) is 55.1. The summed E-state index contributed by atoms with van der Waals surface area (Å²) in [5.41, 5.74) is 0. The number of carbonyl (C=O) groups is 2. The van der Waals surface area contributed by atoms with Gasteiger partial charge in [0, 0.05) is 12.8 Å². The largest absolute Gasteiger partial charge is 0.756 e. The smallest absolute Gasteiger partial charge is 0.306 e. The Morgan fingerprint density at radius 3 is 1.13 bits per heavy atom. The Kier molecular flexibility index (Phi) is 58.7. The summed E-state index contributed by atoms with van der Waals surface area (Å²) in [6.07, 6.45) is 82.4. The van der Waals surface area contributed by atoms with Gasteiger partial charge in [0.2, 0.25) is 5.91 Å². The molecule has 0 heterocycles. The first kappa shape index (κ1) is 78.9. The van der Waals surface area contributed by atoms with Crippen LogP contribution in [0.15, 0.2) is 97.2 Å². The highest BCUT2D eigenvalue weighted by Crippen LogP contribution is 2.38. The highest BCUT2D eigenvalue weighted by Gasteiger charge is 2.27. The lowest BCUT2D eigenvalue weighted by Gasteiger charge is -2.30. The number of phosphoric acid groups is 1. The van der Waals surface area contributed by atoms with Crippen LogP contribution in [0, 0.1) is 0 Å². The number of nitrogens with zero attached hydrogens (tertiary/aromatic N) is 1. The van der Waals surface area contributed by atoms with Crippen molar-refractivity contribution in [2.75, 3.05) is 40.9 Å². The van der Waals surface area contributed by atoms with Gasteiger partial charge in [0.1, 0.15) is 19.3 Å². The predicted octanol–water partition coefficient (Wildman–Crippen LogP) is 20.9. The number of amides is 1. The number of carbonyl (C=O) groups excluding carboxylic acids is 2. The maximum atomic E-state index is 13.5. The highest BCUT2D eigenvalue weighted by atomic mass is 31.2.